The van der Waals surface area contributed by atoms with E-state index in [1.54, 1.807) is 6.92 Å². The highest BCUT2D eigenvalue weighted by Crippen LogP contribution is 2.41. The molecule has 1 aromatic rings. The largest absolute Gasteiger partial charge is 0.475 e. The summed E-state index contributed by atoms with van der Waals surface area (Å²) in [4.78, 5) is 22.4. The van der Waals surface area contributed by atoms with E-state index in [4.69, 9.17) is 9.52 Å². The number of rotatable bonds is 1. The van der Waals surface area contributed by atoms with Crippen LogP contribution in [-0.4, -0.2) is 16.9 Å². The van der Waals surface area contributed by atoms with Gasteiger partial charge in [-0.2, -0.15) is 13.2 Å². The summed E-state index contributed by atoms with van der Waals surface area (Å²) in [5.74, 6) is -4.07. The lowest BCUT2D eigenvalue weighted by molar-refractivity contribution is -0.138. The minimum absolute atomic E-state index is 0.0331. The van der Waals surface area contributed by atoms with Gasteiger partial charge >= 0.3 is 12.1 Å². The molecule has 2 rings (SSSR count). The minimum Gasteiger partial charge on any atom is -0.475 e. The molecule has 1 aliphatic rings. The summed E-state index contributed by atoms with van der Waals surface area (Å²) in [6.07, 6.45) is -4.81. The fraction of sp³-hybridized carbons (Fsp3) is 0.455. The minimum atomic E-state index is -4.92. The number of halogens is 3. The second-order valence-electron chi connectivity index (χ2n) is 4.34. The van der Waals surface area contributed by atoms with E-state index >= 15 is 0 Å². The van der Waals surface area contributed by atoms with Gasteiger partial charge < -0.3 is 9.52 Å². The number of carboxylic acid groups (broad SMARTS) is 1. The Balaban J connectivity index is 2.70. The van der Waals surface area contributed by atoms with Crippen molar-refractivity contribution in [3.8, 4) is 0 Å². The number of furan rings is 1. The van der Waals surface area contributed by atoms with Crippen LogP contribution in [0.4, 0.5) is 13.2 Å². The van der Waals surface area contributed by atoms with Crippen LogP contribution in [-0.2, 0) is 12.6 Å². The van der Waals surface area contributed by atoms with Crippen molar-refractivity contribution in [1.82, 2.24) is 0 Å². The quantitative estimate of drug-likeness (QED) is 0.844. The Hall–Kier alpha value is -1.79. The van der Waals surface area contributed by atoms with Gasteiger partial charge in [0.25, 0.3) is 0 Å². The van der Waals surface area contributed by atoms with Gasteiger partial charge in [0.2, 0.25) is 5.76 Å². The van der Waals surface area contributed by atoms with Gasteiger partial charge in [-0.1, -0.05) is 6.92 Å². The summed E-state index contributed by atoms with van der Waals surface area (Å²) >= 11 is 0. The van der Waals surface area contributed by atoms with E-state index < -0.39 is 34.8 Å². The number of hydrogen-bond donors (Lipinski definition) is 1. The molecule has 0 radical (unpaired) electrons. The summed E-state index contributed by atoms with van der Waals surface area (Å²) in [5.41, 5.74) is -2.07. The number of carbonyl (C=O) groups excluding carboxylic acids is 1. The Morgan fingerprint density at radius 1 is 1.39 bits per heavy atom. The van der Waals surface area contributed by atoms with Crippen molar-refractivity contribution in [2.24, 2.45) is 5.92 Å². The first-order valence-electron chi connectivity index (χ1n) is 5.21. The Kier molecular flexibility index (Phi) is 2.71. The molecule has 1 aromatic heterocycles. The Bertz CT molecular complexity index is 527. The molecule has 0 spiro atoms. The molecule has 0 aromatic carbocycles. The Labute approximate surface area is 99.4 Å². The van der Waals surface area contributed by atoms with E-state index in [-0.39, 0.29) is 24.5 Å². The van der Waals surface area contributed by atoms with Crippen molar-refractivity contribution in [2.45, 2.75) is 25.9 Å². The molecule has 0 amide bonds. The fourth-order valence-electron chi connectivity index (χ4n) is 2.15. The first kappa shape index (κ1) is 12.7. The highest BCUT2D eigenvalue weighted by atomic mass is 19.4. The van der Waals surface area contributed by atoms with Crippen LogP contribution in [0, 0.1) is 5.92 Å². The summed E-state index contributed by atoms with van der Waals surface area (Å²) in [7, 11) is 0. The molecule has 1 aliphatic carbocycles. The average Bonchev–Trinajstić information content (AvgIpc) is 2.55. The molecule has 98 valence electrons. The van der Waals surface area contributed by atoms with Crippen molar-refractivity contribution in [2.75, 3.05) is 0 Å². The van der Waals surface area contributed by atoms with Crippen LogP contribution in [0.5, 0.6) is 0 Å². The van der Waals surface area contributed by atoms with Crippen molar-refractivity contribution in [3.05, 3.63) is 22.6 Å². The van der Waals surface area contributed by atoms with E-state index in [1.807, 2.05) is 0 Å². The van der Waals surface area contributed by atoms with Gasteiger partial charge in [-0.05, 0) is 5.92 Å². The first-order valence-corrected chi connectivity index (χ1v) is 5.21. The van der Waals surface area contributed by atoms with E-state index in [0.29, 0.717) is 0 Å². The lowest BCUT2D eigenvalue weighted by Crippen LogP contribution is -2.21. The lowest BCUT2D eigenvalue weighted by Gasteiger charge is -2.16. The molecule has 0 saturated carbocycles. The zero-order chi connectivity index (χ0) is 13.7. The van der Waals surface area contributed by atoms with Gasteiger partial charge in [0.15, 0.2) is 5.78 Å². The van der Waals surface area contributed by atoms with E-state index in [9.17, 15) is 22.8 Å². The maximum absolute atomic E-state index is 12.8. The van der Waals surface area contributed by atoms with Crippen LogP contribution in [0.25, 0.3) is 0 Å². The number of carboxylic acids is 1. The molecule has 1 atom stereocenters. The number of carbonyl (C=O) groups is 2. The first-order chi connectivity index (χ1) is 8.21. The molecular formula is C11H9F3O4. The fourth-order valence-corrected chi connectivity index (χ4v) is 2.15. The molecule has 1 heterocycles. The monoisotopic (exact) mass is 262 g/mol. The van der Waals surface area contributed by atoms with Gasteiger partial charge in [-0.15, -0.1) is 0 Å². The predicted octanol–water partition coefficient (Wildman–Crippen LogP) is 2.76. The third-order valence-corrected chi connectivity index (χ3v) is 2.81. The van der Waals surface area contributed by atoms with Crippen molar-refractivity contribution in [1.29, 1.82) is 0 Å². The molecule has 18 heavy (non-hydrogen) atoms. The number of Topliss-reactive ketones (excluding diaryl/α,β-unsaturated/α-hetero) is 1. The van der Waals surface area contributed by atoms with Crippen LogP contribution < -0.4 is 0 Å². The molecule has 1 N–H and O–H groups in total. The van der Waals surface area contributed by atoms with E-state index in [0.717, 1.165) is 0 Å². The maximum Gasteiger partial charge on any atom is 0.421 e. The van der Waals surface area contributed by atoms with E-state index in [2.05, 4.69) is 0 Å². The molecule has 7 heteroatoms. The molecule has 0 bridgehead atoms. The van der Waals surface area contributed by atoms with Crippen LogP contribution in [0.15, 0.2) is 4.42 Å². The van der Waals surface area contributed by atoms with Gasteiger partial charge in [0.1, 0.15) is 11.3 Å². The summed E-state index contributed by atoms with van der Waals surface area (Å²) < 4.78 is 43.2. The van der Waals surface area contributed by atoms with Gasteiger partial charge in [-0.3, -0.25) is 4.79 Å². The molecule has 0 aliphatic heterocycles. The van der Waals surface area contributed by atoms with Crippen LogP contribution in [0.1, 0.15) is 45.6 Å². The molecule has 4 nitrogen and oxygen atoms in total. The smallest absolute Gasteiger partial charge is 0.421 e. The number of alkyl halides is 3. The Morgan fingerprint density at radius 2 is 2.00 bits per heavy atom. The number of fused-ring (bicyclic) bond motifs is 1. The third kappa shape index (κ3) is 1.89. The zero-order valence-electron chi connectivity index (χ0n) is 9.30. The standard InChI is InChI=1S/C11H9F3O4/c1-4-2-5(15)7-6(3-4)18-9(10(16)17)8(7)11(12,13)14/h4H,2-3H2,1H3,(H,16,17). The summed E-state index contributed by atoms with van der Waals surface area (Å²) in [5, 5.41) is 8.73. The third-order valence-electron chi connectivity index (χ3n) is 2.81. The maximum atomic E-state index is 12.8. The van der Waals surface area contributed by atoms with Crippen LogP contribution in [0.3, 0.4) is 0 Å². The molecule has 0 fully saturated rings. The zero-order valence-corrected chi connectivity index (χ0v) is 9.30. The number of hydrogen-bond acceptors (Lipinski definition) is 3. The van der Waals surface area contributed by atoms with Crippen molar-refractivity contribution < 1.29 is 32.3 Å². The summed E-state index contributed by atoms with van der Waals surface area (Å²) in [6, 6.07) is 0. The van der Waals surface area contributed by atoms with Crippen LogP contribution in [0.2, 0.25) is 0 Å². The lowest BCUT2D eigenvalue weighted by atomic mass is 9.86. The molecule has 1 unspecified atom stereocenters. The highest BCUT2D eigenvalue weighted by molar-refractivity contribution is 6.02. The summed E-state index contributed by atoms with van der Waals surface area (Å²) in [6.45, 7) is 1.69. The van der Waals surface area contributed by atoms with E-state index in [1.165, 1.54) is 0 Å². The van der Waals surface area contributed by atoms with Crippen molar-refractivity contribution in [3.63, 3.8) is 0 Å². The number of ketones is 1. The van der Waals surface area contributed by atoms with Crippen molar-refractivity contribution >= 4 is 11.8 Å². The second kappa shape index (κ2) is 3.86. The highest BCUT2D eigenvalue weighted by Gasteiger charge is 2.46. The second-order valence-corrected chi connectivity index (χ2v) is 4.34. The molecule has 0 saturated heterocycles. The SMILES string of the molecule is CC1CC(=O)c2c(oc(C(=O)O)c2C(F)(F)F)C1. The number of aromatic carboxylic acids is 1. The molecular weight excluding hydrogens is 253 g/mol. The van der Waals surface area contributed by atoms with Gasteiger partial charge in [-0.25, -0.2) is 4.79 Å². The van der Waals surface area contributed by atoms with Gasteiger partial charge in [0.05, 0.1) is 5.56 Å². The predicted molar refractivity (Wildman–Crippen MR) is 52.5 cm³/mol. The Morgan fingerprint density at radius 3 is 2.50 bits per heavy atom. The normalized spacial score (nSPS) is 19.8. The average molecular weight is 262 g/mol. The van der Waals surface area contributed by atoms with Gasteiger partial charge in [0, 0.05) is 12.8 Å². The van der Waals surface area contributed by atoms with Crippen LogP contribution >= 0.6 is 0 Å². The topological polar surface area (TPSA) is 67.5 Å².